The SMILES string of the molecule is C1=C(c2ccccc2)CCC(N(c2ccc(-c3ccccc3)cc2)c2ccc(-c3ccc(N(c4ccccc4)c4cc5ccccc5c5ccccc45)cc3)cc2)=C1. The van der Waals surface area contributed by atoms with Crippen molar-refractivity contribution in [2.45, 2.75) is 12.8 Å². The van der Waals surface area contributed by atoms with Crippen molar-refractivity contribution >= 4 is 55.6 Å². The molecule has 0 N–H and O–H groups in total. The second-order valence-corrected chi connectivity index (χ2v) is 14.9. The maximum absolute atomic E-state index is 2.42. The summed E-state index contributed by atoms with van der Waals surface area (Å²) in [6, 6.07) is 78.9. The van der Waals surface area contributed by atoms with Crippen LogP contribution in [0, 0.1) is 0 Å². The summed E-state index contributed by atoms with van der Waals surface area (Å²) < 4.78 is 0. The van der Waals surface area contributed by atoms with Crippen molar-refractivity contribution in [2.75, 3.05) is 9.80 Å². The van der Waals surface area contributed by atoms with Gasteiger partial charge >= 0.3 is 0 Å². The summed E-state index contributed by atoms with van der Waals surface area (Å²) in [6.07, 6.45) is 6.55. The fraction of sp³-hybridized carbons (Fsp3) is 0.0357. The summed E-state index contributed by atoms with van der Waals surface area (Å²) in [6.45, 7) is 0. The summed E-state index contributed by atoms with van der Waals surface area (Å²) in [7, 11) is 0. The standard InChI is InChI=1S/C56H42N2/c1-4-14-41(15-5-1)43-24-32-49(33-25-43)57(50-34-26-44(27-35-50)42-16-6-2-7-17-42)51-36-28-45(29-37-51)46-30-38-52(39-31-46)58(48-19-8-3-9-20-48)56-40-47-18-10-11-21-53(47)54-22-12-13-23-55(54)56/h1-26,28-34,36-40H,27,35H2. The molecule has 58 heavy (non-hydrogen) atoms. The number of allylic oxidation sites excluding steroid dienone is 4. The number of benzene rings is 9. The second-order valence-electron chi connectivity index (χ2n) is 14.9. The van der Waals surface area contributed by atoms with E-state index in [0.717, 1.165) is 41.3 Å². The molecular formula is C56H42N2. The molecular weight excluding hydrogens is 701 g/mol. The molecule has 9 aromatic carbocycles. The normalized spacial score (nSPS) is 12.6. The van der Waals surface area contributed by atoms with Crippen molar-refractivity contribution in [2.24, 2.45) is 0 Å². The molecule has 1 aliphatic rings. The van der Waals surface area contributed by atoms with E-state index in [0.29, 0.717) is 0 Å². The Hall–Kier alpha value is -7.42. The first-order valence-electron chi connectivity index (χ1n) is 20.1. The third kappa shape index (κ3) is 6.86. The van der Waals surface area contributed by atoms with Crippen LogP contribution in [-0.2, 0) is 0 Å². The lowest BCUT2D eigenvalue weighted by Gasteiger charge is -2.30. The van der Waals surface area contributed by atoms with E-state index in [1.165, 1.54) is 60.6 Å². The molecule has 0 amide bonds. The Morgan fingerprint density at radius 1 is 0.293 bits per heavy atom. The molecule has 0 atom stereocenters. The molecule has 2 heteroatoms. The summed E-state index contributed by atoms with van der Waals surface area (Å²) in [5.74, 6) is 0. The molecule has 0 radical (unpaired) electrons. The molecule has 0 heterocycles. The first kappa shape index (κ1) is 35.0. The second kappa shape index (κ2) is 15.6. The highest BCUT2D eigenvalue weighted by atomic mass is 15.2. The Labute approximate surface area is 340 Å². The largest absolute Gasteiger partial charge is 0.314 e. The van der Waals surface area contributed by atoms with Gasteiger partial charge in [0.1, 0.15) is 0 Å². The predicted molar refractivity (Wildman–Crippen MR) is 247 cm³/mol. The topological polar surface area (TPSA) is 6.48 Å². The van der Waals surface area contributed by atoms with Gasteiger partial charge < -0.3 is 9.80 Å². The maximum Gasteiger partial charge on any atom is 0.0546 e. The van der Waals surface area contributed by atoms with Crippen molar-refractivity contribution in [1.29, 1.82) is 0 Å². The molecule has 1 aliphatic carbocycles. The van der Waals surface area contributed by atoms with Gasteiger partial charge in [0.15, 0.2) is 0 Å². The molecule has 0 aromatic heterocycles. The van der Waals surface area contributed by atoms with Gasteiger partial charge in [-0.25, -0.2) is 0 Å². The van der Waals surface area contributed by atoms with Crippen LogP contribution in [0.25, 0.3) is 49.4 Å². The van der Waals surface area contributed by atoms with E-state index in [9.17, 15) is 0 Å². The van der Waals surface area contributed by atoms with Crippen LogP contribution in [0.4, 0.5) is 28.4 Å². The zero-order valence-electron chi connectivity index (χ0n) is 32.2. The van der Waals surface area contributed by atoms with Crippen molar-refractivity contribution in [3.8, 4) is 22.3 Å². The first-order valence-corrected chi connectivity index (χ1v) is 20.1. The zero-order valence-corrected chi connectivity index (χ0v) is 32.2. The van der Waals surface area contributed by atoms with Crippen molar-refractivity contribution in [1.82, 2.24) is 0 Å². The van der Waals surface area contributed by atoms with Gasteiger partial charge in [-0.3, -0.25) is 0 Å². The molecule has 0 bridgehead atoms. The Kier molecular flexibility index (Phi) is 9.43. The van der Waals surface area contributed by atoms with Crippen LogP contribution in [-0.4, -0.2) is 0 Å². The summed E-state index contributed by atoms with van der Waals surface area (Å²) in [5, 5.41) is 4.98. The molecule has 9 aromatic rings. The molecule has 0 unspecified atom stereocenters. The Morgan fingerprint density at radius 3 is 1.28 bits per heavy atom. The van der Waals surface area contributed by atoms with Crippen LogP contribution in [0.2, 0.25) is 0 Å². The van der Waals surface area contributed by atoms with Crippen molar-refractivity contribution < 1.29 is 0 Å². The van der Waals surface area contributed by atoms with Gasteiger partial charge in [0.05, 0.1) is 5.69 Å². The average molecular weight is 743 g/mol. The van der Waals surface area contributed by atoms with Crippen LogP contribution >= 0.6 is 0 Å². The van der Waals surface area contributed by atoms with Gasteiger partial charge in [-0.15, -0.1) is 0 Å². The van der Waals surface area contributed by atoms with Crippen molar-refractivity contribution in [3.05, 3.63) is 242 Å². The smallest absolute Gasteiger partial charge is 0.0546 e. The van der Waals surface area contributed by atoms with E-state index < -0.39 is 0 Å². The van der Waals surface area contributed by atoms with Crippen LogP contribution in [0.15, 0.2) is 236 Å². The van der Waals surface area contributed by atoms with E-state index in [1.54, 1.807) is 0 Å². The molecule has 10 rings (SSSR count). The number of para-hydroxylation sites is 1. The Bertz CT molecular complexity index is 2890. The molecule has 2 nitrogen and oxygen atoms in total. The fourth-order valence-corrected chi connectivity index (χ4v) is 8.45. The molecule has 0 saturated carbocycles. The highest BCUT2D eigenvalue weighted by molar-refractivity contribution is 6.14. The average Bonchev–Trinajstić information content (AvgIpc) is 3.31. The highest BCUT2D eigenvalue weighted by Crippen LogP contribution is 2.43. The minimum Gasteiger partial charge on any atom is -0.314 e. The summed E-state index contributed by atoms with van der Waals surface area (Å²) in [4.78, 5) is 4.81. The third-order valence-corrected chi connectivity index (χ3v) is 11.4. The highest BCUT2D eigenvalue weighted by Gasteiger charge is 2.20. The first-order chi connectivity index (χ1) is 28.8. The lowest BCUT2D eigenvalue weighted by Crippen LogP contribution is -2.17. The van der Waals surface area contributed by atoms with Gasteiger partial charge in [0, 0.05) is 33.8 Å². The number of anilines is 5. The number of nitrogens with zero attached hydrogens (tertiary/aromatic N) is 2. The minimum atomic E-state index is 0.953. The minimum absolute atomic E-state index is 0.953. The van der Waals surface area contributed by atoms with Gasteiger partial charge in [-0.05, 0) is 123 Å². The molecule has 276 valence electrons. The molecule has 0 saturated heterocycles. The van der Waals surface area contributed by atoms with E-state index in [2.05, 4.69) is 240 Å². The zero-order chi connectivity index (χ0) is 38.7. The Balaban J connectivity index is 0.993. The molecule has 0 aliphatic heterocycles. The lowest BCUT2D eigenvalue weighted by molar-refractivity contribution is 0.930. The van der Waals surface area contributed by atoms with Gasteiger partial charge in [-0.1, -0.05) is 170 Å². The van der Waals surface area contributed by atoms with Crippen LogP contribution in [0.1, 0.15) is 18.4 Å². The molecule has 0 fully saturated rings. The third-order valence-electron chi connectivity index (χ3n) is 11.4. The fourth-order valence-electron chi connectivity index (χ4n) is 8.45. The molecule has 0 spiro atoms. The number of hydrogen-bond donors (Lipinski definition) is 0. The van der Waals surface area contributed by atoms with Gasteiger partial charge in [0.2, 0.25) is 0 Å². The van der Waals surface area contributed by atoms with E-state index in [1.807, 2.05) is 0 Å². The maximum atomic E-state index is 2.42. The summed E-state index contributed by atoms with van der Waals surface area (Å²) >= 11 is 0. The monoisotopic (exact) mass is 742 g/mol. The van der Waals surface area contributed by atoms with Crippen LogP contribution < -0.4 is 9.80 Å². The number of fused-ring (bicyclic) bond motifs is 3. The lowest BCUT2D eigenvalue weighted by atomic mass is 9.94. The van der Waals surface area contributed by atoms with Crippen LogP contribution in [0.5, 0.6) is 0 Å². The van der Waals surface area contributed by atoms with Gasteiger partial charge in [-0.2, -0.15) is 0 Å². The Morgan fingerprint density at radius 2 is 0.724 bits per heavy atom. The predicted octanol–water partition coefficient (Wildman–Crippen LogP) is 15.7. The number of rotatable bonds is 9. The van der Waals surface area contributed by atoms with Crippen LogP contribution in [0.3, 0.4) is 0 Å². The van der Waals surface area contributed by atoms with Gasteiger partial charge in [0.25, 0.3) is 0 Å². The van der Waals surface area contributed by atoms with E-state index >= 15 is 0 Å². The van der Waals surface area contributed by atoms with Crippen molar-refractivity contribution in [3.63, 3.8) is 0 Å². The quantitative estimate of drug-likeness (QED) is 0.136. The summed E-state index contributed by atoms with van der Waals surface area (Å²) in [5.41, 5.74) is 14.5. The number of hydrogen-bond acceptors (Lipinski definition) is 2. The van der Waals surface area contributed by atoms with E-state index in [4.69, 9.17) is 0 Å². The van der Waals surface area contributed by atoms with E-state index in [-0.39, 0.29) is 0 Å².